The third kappa shape index (κ3) is 2.62. The minimum atomic E-state index is -0.433. The zero-order chi connectivity index (χ0) is 12.4. The third-order valence-corrected chi connectivity index (χ3v) is 2.62. The Kier molecular flexibility index (Phi) is 3.10. The van der Waals surface area contributed by atoms with E-state index in [1.807, 2.05) is 0 Å². The van der Waals surface area contributed by atoms with Gasteiger partial charge in [0.2, 0.25) is 0 Å². The number of nitrogens with one attached hydrogen (secondary N) is 1. The standard InChI is InChI=1S/C10H9BrN4O2/c1-14-5-4-10(13-14)12-8-6-7(11)2-3-9(8)15(16)17/h2-6H,1H3,(H,12,13). The van der Waals surface area contributed by atoms with Crippen LogP contribution in [-0.2, 0) is 7.05 Å². The molecule has 6 nitrogen and oxygen atoms in total. The molecule has 0 saturated heterocycles. The van der Waals surface area contributed by atoms with E-state index in [1.54, 1.807) is 36.1 Å². The first kappa shape index (κ1) is 11.6. The molecule has 1 aromatic carbocycles. The summed E-state index contributed by atoms with van der Waals surface area (Å²) in [6.07, 6.45) is 1.76. The molecule has 0 saturated carbocycles. The van der Waals surface area contributed by atoms with Gasteiger partial charge in [0, 0.05) is 29.8 Å². The van der Waals surface area contributed by atoms with Gasteiger partial charge in [0.25, 0.3) is 5.69 Å². The van der Waals surface area contributed by atoms with Crippen LogP contribution in [0, 0.1) is 10.1 Å². The van der Waals surface area contributed by atoms with Gasteiger partial charge in [-0.15, -0.1) is 0 Å². The summed E-state index contributed by atoms with van der Waals surface area (Å²) in [5, 5.41) is 17.9. The molecule has 17 heavy (non-hydrogen) atoms. The highest BCUT2D eigenvalue weighted by atomic mass is 79.9. The van der Waals surface area contributed by atoms with Gasteiger partial charge >= 0.3 is 0 Å². The minimum absolute atomic E-state index is 0.0128. The van der Waals surface area contributed by atoms with Crippen molar-refractivity contribution in [3.05, 3.63) is 45.0 Å². The summed E-state index contributed by atoms with van der Waals surface area (Å²) < 4.78 is 2.38. The van der Waals surface area contributed by atoms with E-state index in [1.165, 1.54) is 6.07 Å². The average molecular weight is 297 g/mol. The summed E-state index contributed by atoms with van der Waals surface area (Å²) in [6, 6.07) is 6.45. The van der Waals surface area contributed by atoms with Crippen LogP contribution in [0.1, 0.15) is 0 Å². The lowest BCUT2D eigenvalue weighted by atomic mass is 10.2. The zero-order valence-electron chi connectivity index (χ0n) is 8.92. The summed E-state index contributed by atoms with van der Waals surface area (Å²) in [6.45, 7) is 0. The number of aromatic nitrogens is 2. The second kappa shape index (κ2) is 4.54. The molecule has 0 radical (unpaired) electrons. The molecule has 1 heterocycles. The maximum absolute atomic E-state index is 10.9. The number of halogens is 1. The fourth-order valence-corrected chi connectivity index (χ4v) is 1.75. The lowest BCUT2D eigenvalue weighted by Gasteiger charge is -2.04. The zero-order valence-corrected chi connectivity index (χ0v) is 10.5. The molecule has 0 aliphatic rings. The molecule has 0 bridgehead atoms. The molecule has 0 aliphatic heterocycles. The Hall–Kier alpha value is -1.89. The van der Waals surface area contributed by atoms with Gasteiger partial charge in [0.15, 0.2) is 5.82 Å². The van der Waals surface area contributed by atoms with Crippen LogP contribution >= 0.6 is 15.9 Å². The van der Waals surface area contributed by atoms with Crippen LogP contribution in [0.15, 0.2) is 34.9 Å². The average Bonchev–Trinajstić information content (AvgIpc) is 2.63. The van der Waals surface area contributed by atoms with Crippen LogP contribution in [0.3, 0.4) is 0 Å². The summed E-state index contributed by atoms with van der Waals surface area (Å²) >= 11 is 3.28. The number of nitrogens with zero attached hydrogens (tertiary/aromatic N) is 3. The van der Waals surface area contributed by atoms with Gasteiger partial charge < -0.3 is 5.32 Å². The molecule has 0 fully saturated rings. The van der Waals surface area contributed by atoms with Gasteiger partial charge in [-0.3, -0.25) is 14.8 Å². The van der Waals surface area contributed by atoms with E-state index in [-0.39, 0.29) is 5.69 Å². The molecule has 2 aromatic rings. The van der Waals surface area contributed by atoms with E-state index >= 15 is 0 Å². The number of aryl methyl sites for hydroxylation is 1. The monoisotopic (exact) mass is 296 g/mol. The first-order valence-corrected chi connectivity index (χ1v) is 5.56. The fraction of sp³-hybridized carbons (Fsp3) is 0.100. The predicted molar refractivity (Wildman–Crippen MR) is 67.3 cm³/mol. The molecular weight excluding hydrogens is 288 g/mol. The number of nitro benzene ring substituents is 1. The van der Waals surface area contributed by atoms with Crippen LogP contribution in [0.25, 0.3) is 0 Å². The van der Waals surface area contributed by atoms with Crippen molar-refractivity contribution in [2.45, 2.75) is 0 Å². The normalized spacial score (nSPS) is 10.2. The van der Waals surface area contributed by atoms with Crippen molar-refractivity contribution in [2.24, 2.45) is 7.05 Å². The topological polar surface area (TPSA) is 73.0 Å². The minimum Gasteiger partial charge on any atom is -0.333 e. The van der Waals surface area contributed by atoms with Gasteiger partial charge in [-0.05, 0) is 12.1 Å². The molecule has 0 spiro atoms. The van der Waals surface area contributed by atoms with Gasteiger partial charge in [-0.2, -0.15) is 5.10 Å². The van der Waals surface area contributed by atoms with Gasteiger partial charge in [-0.1, -0.05) is 15.9 Å². The Labute approximate surface area is 106 Å². The SMILES string of the molecule is Cn1ccc(Nc2cc(Br)ccc2[N+](=O)[O-])n1. The number of hydrogen-bond donors (Lipinski definition) is 1. The Morgan fingerprint density at radius 2 is 2.24 bits per heavy atom. The molecule has 0 unspecified atom stereocenters. The van der Waals surface area contributed by atoms with E-state index in [9.17, 15) is 10.1 Å². The fourth-order valence-electron chi connectivity index (χ4n) is 1.39. The smallest absolute Gasteiger partial charge is 0.292 e. The van der Waals surface area contributed by atoms with Gasteiger partial charge in [-0.25, -0.2) is 0 Å². The molecule has 1 N–H and O–H groups in total. The molecule has 0 amide bonds. The highest BCUT2D eigenvalue weighted by molar-refractivity contribution is 9.10. The van der Waals surface area contributed by atoms with Crippen molar-refractivity contribution in [1.29, 1.82) is 0 Å². The molecule has 1 aromatic heterocycles. The van der Waals surface area contributed by atoms with Gasteiger partial charge in [0.1, 0.15) is 5.69 Å². The predicted octanol–water partition coefficient (Wildman–Crippen LogP) is 2.83. The van der Waals surface area contributed by atoms with Crippen molar-refractivity contribution in [3.63, 3.8) is 0 Å². The maximum atomic E-state index is 10.9. The van der Waals surface area contributed by atoms with Crippen LogP contribution < -0.4 is 5.32 Å². The molecule has 0 aliphatic carbocycles. The van der Waals surface area contributed by atoms with Crippen molar-refractivity contribution >= 4 is 33.1 Å². The molecule has 7 heteroatoms. The van der Waals surface area contributed by atoms with Crippen LogP contribution in [0.2, 0.25) is 0 Å². The molecular formula is C10H9BrN4O2. The quantitative estimate of drug-likeness (QED) is 0.698. The van der Waals surface area contributed by atoms with Crippen molar-refractivity contribution in [1.82, 2.24) is 9.78 Å². The largest absolute Gasteiger partial charge is 0.333 e. The highest BCUT2D eigenvalue weighted by Crippen LogP contribution is 2.29. The van der Waals surface area contributed by atoms with E-state index in [4.69, 9.17) is 0 Å². The summed E-state index contributed by atoms with van der Waals surface area (Å²) in [4.78, 5) is 10.4. The first-order valence-electron chi connectivity index (χ1n) is 4.77. The van der Waals surface area contributed by atoms with Crippen molar-refractivity contribution in [2.75, 3.05) is 5.32 Å². The Bertz CT molecular complexity index is 567. The van der Waals surface area contributed by atoms with Crippen LogP contribution in [0.5, 0.6) is 0 Å². The second-order valence-electron chi connectivity index (χ2n) is 3.42. The molecule has 88 valence electrons. The lowest BCUT2D eigenvalue weighted by Crippen LogP contribution is -1.98. The summed E-state index contributed by atoms with van der Waals surface area (Å²) in [5.41, 5.74) is 0.418. The van der Waals surface area contributed by atoms with Crippen molar-refractivity contribution in [3.8, 4) is 0 Å². The lowest BCUT2D eigenvalue weighted by molar-refractivity contribution is -0.383. The van der Waals surface area contributed by atoms with E-state index in [2.05, 4.69) is 26.3 Å². The molecule has 2 rings (SSSR count). The van der Waals surface area contributed by atoms with Crippen LogP contribution in [0.4, 0.5) is 17.2 Å². The Balaban J connectivity index is 2.37. The van der Waals surface area contributed by atoms with E-state index in [0.29, 0.717) is 11.5 Å². The second-order valence-corrected chi connectivity index (χ2v) is 4.33. The van der Waals surface area contributed by atoms with Crippen molar-refractivity contribution < 1.29 is 4.92 Å². The summed E-state index contributed by atoms with van der Waals surface area (Å²) in [5.74, 6) is 0.564. The highest BCUT2D eigenvalue weighted by Gasteiger charge is 2.14. The Morgan fingerprint density at radius 3 is 2.82 bits per heavy atom. The third-order valence-electron chi connectivity index (χ3n) is 2.13. The van der Waals surface area contributed by atoms with E-state index in [0.717, 1.165) is 4.47 Å². The maximum Gasteiger partial charge on any atom is 0.292 e. The number of benzene rings is 1. The van der Waals surface area contributed by atoms with Crippen LogP contribution in [-0.4, -0.2) is 14.7 Å². The van der Waals surface area contributed by atoms with Gasteiger partial charge in [0.05, 0.1) is 4.92 Å². The first-order chi connectivity index (χ1) is 8.06. The summed E-state index contributed by atoms with van der Waals surface area (Å²) in [7, 11) is 1.78. The number of nitro groups is 1. The molecule has 0 atom stereocenters. The Morgan fingerprint density at radius 1 is 1.47 bits per heavy atom. The van der Waals surface area contributed by atoms with E-state index < -0.39 is 4.92 Å². The number of anilines is 2. The number of rotatable bonds is 3. The number of hydrogen-bond acceptors (Lipinski definition) is 4.